The van der Waals surface area contributed by atoms with Crippen molar-refractivity contribution in [3.8, 4) is 0 Å². The van der Waals surface area contributed by atoms with Crippen LogP contribution in [0.2, 0.25) is 0 Å². The number of carbonyl (C=O) groups excluding carboxylic acids is 3. The largest absolute Gasteiger partial charge is 0.421 e. The monoisotopic (exact) mass is 1120 g/mol. The molecule has 8 rings (SSSR count). The first kappa shape index (κ1) is 62.6. The van der Waals surface area contributed by atoms with Crippen LogP contribution >= 0.6 is 24.4 Å². The van der Waals surface area contributed by atoms with Crippen LogP contribution in [0.15, 0.2) is 228 Å². The van der Waals surface area contributed by atoms with Crippen LogP contribution in [0, 0.1) is 33.5 Å². The van der Waals surface area contributed by atoms with Crippen molar-refractivity contribution in [2.45, 2.75) is 101 Å². The highest BCUT2D eigenvalue weighted by molar-refractivity contribution is 7.99. The molecule has 402 valence electrons. The summed E-state index contributed by atoms with van der Waals surface area (Å²) in [6.45, 7) is 12.7. The Labute approximate surface area is 458 Å². The van der Waals surface area contributed by atoms with E-state index in [4.69, 9.17) is 0 Å². The molecule has 0 aliphatic carbocycles. The Hall–Kier alpha value is -6.95. The second-order valence-electron chi connectivity index (χ2n) is 17.5. The van der Waals surface area contributed by atoms with Crippen molar-refractivity contribution in [2.24, 2.45) is 0 Å². The van der Waals surface area contributed by atoms with Gasteiger partial charge in [0.05, 0.1) is 19.6 Å². The molecule has 1 N–H and O–H groups in total. The molecule has 16 heteroatoms. The van der Waals surface area contributed by atoms with Gasteiger partial charge in [-0.2, -0.15) is 13.2 Å². The maximum Gasteiger partial charge on any atom is 0.421 e. The lowest BCUT2D eigenvalue weighted by atomic mass is 9.96. The van der Waals surface area contributed by atoms with Gasteiger partial charge in [-0.25, -0.2) is 21.2 Å². The molecular formula is C61H58F4O8S4. The zero-order chi connectivity index (χ0) is 57.3. The number of carbonyl (C=O) groups is 3. The van der Waals surface area contributed by atoms with Crippen molar-refractivity contribution in [3.05, 3.63) is 244 Å². The number of aliphatic hydroxyl groups is 1. The molecule has 0 fully saturated rings. The predicted molar refractivity (Wildman–Crippen MR) is 298 cm³/mol. The van der Waals surface area contributed by atoms with Gasteiger partial charge in [-0.05, 0) is 168 Å². The molecule has 8 aromatic rings. The minimum Gasteiger partial charge on any atom is -0.376 e. The van der Waals surface area contributed by atoms with Crippen LogP contribution in [-0.4, -0.2) is 45.5 Å². The minimum atomic E-state index is -4.86. The number of rotatable bonds is 10. The maximum absolute atomic E-state index is 12.8. The number of hydrogen-bond acceptors (Lipinski definition) is 10. The van der Waals surface area contributed by atoms with E-state index in [9.17, 15) is 53.9 Å². The summed E-state index contributed by atoms with van der Waals surface area (Å²) < 4.78 is 101. The zero-order valence-electron chi connectivity index (χ0n) is 43.5. The summed E-state index contributed by atoms with van der Waals surface area (Å²) in [6.07, 6.45) is -4.86. The lowest BCUT2D eigenvalue weighted by molar-refractivity contribution is -0.258. The van der Waals surface area contributed by atoms with Crippen LogP contribution in [0.4, 0.5) is 17.6 Å². The van der Waals surface area contributed by atoms with Crippen LogP contribution in [0.3, 0.4) is 0 Å². The number of thiol groups is 1. The van der Waals surface area contributed by atoms with Gasteiger partial charge in [0, 0.05) is 31.4 Å². The van der Waals surface area contributed by atoms with Crippen molar-refractivity contribution < 1.29 is 53.9 Å². The second-order valence-corrected chi connectivity index (χ2v) is 22.9. The van der Waals surface area contributed by atoms with Gasteiger partial charge < -0.3 is 5.11 Å². The summed E-state index contributed by atoms with van der Waals surface area (Å²) in [4.78, 5) is 36.9. The Morgan fingerprint density at radius 1 is 0.468 bits per heavy atom. The number of ketones is 3. The molecule has 0 aliphatic heterocycles. The molecular weight excluding hydrogens is 1060 g/mol. The maximum atomic E-state index is 12.8. The van der Waals surface area contributed by atoms with E-state index >= 15 is 0 Å². The number of halogens is 4. The molecule has 1 atom stereocenters. The van der Waals surface area contributed by atoms with Crippen molar-refractivity contribution in [2.75, 3.05) is 0 Å². The van der Waals surface area contributed by atoms with Crippen LogP contribution in [0.1, 0.15) is 86.6 Å². The Kier molecular flexibility index (Phi) is 22.7. The molecule has 0 saturated heterocycles. The van der Waals surface area contributed by atoms with Gasteiger partial charge in [-0.15, -0.1) is 12.6 Å². The molecule has 8 aromatic carbocycles. The summed E-state index contributed by atoms with van der Waals surface area (Å²) in [5.74, 6) is -0.331. The second kappa shape index (κ2) is 27.9. The van der Waals surface area contributed by atoms with E-state index in [1.54, 1.807) is 75.0 Å². The molecule has 0 amide bonds. The average Bonchev–Trinajstić information content (AvgIpc) is 3.39. The third-order valence-corrected chi connectivity index (χ3v) is 17.1. The van der Waals surface area contributed by atoms with Crippen LogP contribution in [-0.2, 0) is 25.3 Å². The van der Waals surface area contributed by atoms with Gasteiger partial charge >= 0.3 is 6.18 Å². The summed E-state index contributed by atoms with van der Waals surface area (Å²) in [5.41, 5.74) is 2.09. The first-order valence-electron chi connectivity index (χ1n) is 23.6. The molecule has 8 nitrogen and oxygen atoms in total. The Morgan fingerprint density at radius 2 is 0.805 bits per heavy atom. The quantitative estimate of drug-likeness (QED) is 0.0778. The highest BCUT2D eigenvalue weighted by Crippen LogP contribution is 2.39. The fraction of sp³-hybridized carbons (Fsp3) is 0.164. The van der Waals surface area contributed by atoms with E-state index in [2.05, 4.69) is 31.7 Å². The molecule has 0 heterocycles. The summed E-state index contributed by atoms with van der Waals surface area (Å²) in [5, 5.41) is 9.60. The predicted octanol–water partition coefficient (Wildman–Crippen LogP) is 15.3. The first-order valence-corrected chi connectivity index (χ1v) is 27.8. The zero-order valence-corrected chi connectivity index (χ0v) is 46.8. The van der Waals surface area contributed by atoms with Crippen molar-refractivity contribution >= 4 is 61.4 Å². The SMILES string of the molecule is CC(=O)c1ccc(F)cc1.CC(=O)c1ccc(S(=O)(=O)c2ccccc2C)cc1.CC(=O)c1ccc(Sc2ccccc2C)cc1.Cc1ccccc1S.Cc1ccccc1S(=O)(=O)c1ccc(C(C)(O)C(F)(F)F)cc1. The normalized spacial score (nSPS) is 11.8. The van der Waals surface area contributed by atoms with E-state index in [-0.39, 0.29) is 37.9 Å². The average molecular weight is 1120 g/mol. The molecule has 1 unspecified atom stereocenters. The number of benzene rings is 8. The molecule has 0 radical (unpaired) electrons. The highest BCUT2D eigenvalue weighted by Gasteiger charge is 2.51. The van der Waals surface area contributed by atoms with Gasteiger partial charge in [0.15, 0.2) is 23.0 Å². The smallest absolute Gasteiger partial charge is 0.376 e. The molecule has 77 heavy (non-hydrogen) atoms. The lowest BCUT2D eigenvalue weighted by Crippen LogP contribution is -2.39. The Bertz CT molecular complexity index is 3490. The van der Waals surface area contributed by atoms with Crippen molar-refractivity contribution in [3.63, 3.8) is 0 Å². The van der Waals surface area contributed by atoms with E-state index < -0.39 is 37.0 Å². The van der Waals surface area contributed by atoms with Crippen molar-refractivity contribution in [1.29, 1.82) is 0 Å². The standard InChI is InChI=1S/C16H15F3O3S.C15H14O3S.C15H14OS.C8H7FO.C7H8S/c1-11-5-3-4-6-14(11)23(21,22)13-9-7-12(8-10-13)15(2,20)16(17,18)19;1-11-5-3-4-6-15(11)19(17,18)14-9-7-13(8-10-14)12(2)16;1-11-5-3-4-6-15(11)17-14-9-7-13(8-10-14)12(2)16;1-6(10)7-2-4-8(9)5-3-7;1-6-4-2-3-5-7(6)8/h3-10,20H,1-2H3;3-10H,1-2H3;3-10H,1-2H3;2-5H,1H3;2-5,8H,1H3. The van der Waals surface area contributed by atoms with E-state index in [0.717, 1.165) is 39.6 Å². The van der Waals surface area contributed by atoms with Crippen LogP contribution in [0.25, 0.3) is 0 Å². The topological polar surface area (TPSA) is 140 Å². The van der Waals surface area contributed by atoms with Crippen LogP contribution < -0.4 is 0 Å². The minimum absolute atomic E-state index is 0.0417. The van der Waals surface area contributed by atoms with Gasteiger partial charge in [0.2, 0.25) is 19.7 Å². The van der Waals surface area contributed by atoms with E-state index in [0.29, 0.717) is 34.1 Å². The number of Topliss-reactive ketones (excluding diaryl/α,β-unsaturated/α-hetero) is 3. The molecule has 0 aromatic heterocycles. The number of hydrogen-bond donors (Lipinski definition) is 2. The van der Waals surface area contributed by atoms with Crippen molar-refractivity contribution in [1.82, 2.24) is 0 Å². The summed E-state index contributed by atoms with van der Waals surface area (Å²) >= 11 is 5.92. The third-order valence-electron chi connectivity index (χ3n) is 11.6. The number of aryl methyl sites for hydroxylation is 4. The van der Waals surface area contributed by atoms with Gasteiger partial charge in [0.1, 0.15) is 5.82 Å². The third kappa shape index (κ3) is 17.8. The Balaban J connectivity index is 0.000000217. The van der Waals surface area contributed by atoms with Crippen LogP contribution in [0.5, 0.6) is 0 Å². The number of sulfone groups is 2. The summed E-state index contributed by atoms with van der Waals surface area (Å²) in [6, 6.07) is 52.8. The van der Waals surface area contributed by atoms with E-state index in [1.165, 1.54) is 84.5 Å². The summed E-state index contributed by atoms with van der Waals surface area (Å²) in [7, 11) is -7.35. The fourth-order valence-electron chi connectivity index (χ4n) is 6.76. The first-order chi connectivity index (χ1) is 36.1. The highest BCUT2D eigenvalue weighted by atomic mass is 32.2. The fourth-order valence-corrected chi connectivity index (χ4v) is 10.8. The Morgan fingerprint density at radius 3 is 1.16 bits per heavy atom. The lowest BCUT2D eigenvalue weighted by Gasteiger charge is -2.26. The molecule has 0 spiro atoms. The molecule has 0 saturated carbocycles. The van der Waals surface area contributed by atoms with E-state index in [1.807, 2.05) is 67.6 Å². The molecule has 0 aliphatic rings. The molecule has 0 bridgehead atoms. The van der Waals surface area contributed by atoms with Gasteiger partial charge in [-0.3, -0.25) is 14.4 Å². The van der Waals surface area contributed by atoms with Gasteiger partial charge in [-0.1, -0.05) is 121 Å². The number of alkyl halides is 3. The van der Waals surface area contributed by atoms with Gasteiger partial charge in [0.25, 0.3) is 0 Å².